The van der Waals surface area contributed by atoms with Crippen molar-refractivity contribution in [2.75, 3.05) is 13.1 Å². The third-order valence-corrected chi connectivity index (χ3v) is 3.23. The molecule has 0 saturated heterocycles. The van der Waals surface area contributed by atoms with E-state index < -0.39 is 0 Å². The molecule has 0 aliphatic carbocycles. The van der Waals surface area contributed by atoms with E-state index in [1.165, 1.54) is 12.1 Å². The summed E-state index contributed by atoms with van der Waals surface area (Å²) in [6.45, 7) is 2.46. The van der Waals surface area contributed by atoms with Crippen LogP contribution in [-0.4, -0.2) is 30.0 Å². The van der Waals surface area contributed by atoms with Crippen molar-refractivity contribution >= 4 is 11.8 Å². The molecule has 0 fully saturated rings. The molecule has 2 rings (SSSR count). The highest BCUT2D eigenvalue weighted by atomic mass is 16.3. The monoisotopic (exact) mass is 298 g/mol. The number of phenols is 1. The van der Waals surface area contributed by atoms with Gasteiger partial charge in [-0.05, 0) is 30.7 Å². The first-order valence-electron chi connectivity index (χ1n) is 6.99. The molecular weight excluding hydrogens is 280 g/mol. The highest BCUT2D eigenvalue weighted by Crippen LogP contribution is 2.14. The van der Waals surface area contributed by atoms with Crippen molar-refractivity contribution in [1.82, 2.24) is 10.6 Å². The van der Waals surface area contributed by atoms with E-state index in [-0.39, 0.29) is 29.7 Å². The summed E-state index contributed by atoms with van der Waals surface area (Å²) < 4.78 is 0. The Morgan fingerprint density at radius 2 is 1.36 bits per heavy atom. The van der Waals surface area contributed by atoms with Gasteiger partial charge in [-0.2, -0.15) is 0 Å². The van der Waals surface area contributed by atoms with Gasteiger partial charge in [-0.1, -0.05) is 30.3 Å². The maximum absolute atomic E-state index is 12.0. The third-order valence-electron chi connectivity index (χ3n) is 3.23. The molecule has 0 spiro atoms. The molecule has 0 heterocycles. The Morgan fingerprint density at radius 1 is 0.864 bits per heavy atom. The molecule has 2 aromatic carbocycles. The van der Waals surface area contributed by atoms with Crippen LogP contribution in [0, 0.1) is 6.92 Å². The number of hydrogen-bond acceptors (Lipinski definition) is 3. The first-order chi connectivity index (χ1) is 10.6. The standard InChI is InChI=1S/C17H18N2O3/c1-12-6-2-3-7-13(12)16(21)18-10-11-19-17(22)14-8-4-5-9-15(14)20/h2-9,20H,10-11H2,1H3,(H,18,21)(H,19,22). The summed E-state index contributed by atoms with van der Waals surface area (Å²) in [6, 6.07) is 13.6. The lowest BCUT2D eigenvalue weighted by atomic mass is 10.1. The zero-order valence-corrected chi connectivity index (χ0v) is 12.3. The zero-order valence-electron chi connectivity index (χ0n) is 12.3. The molecule has 0 bridgehead atoms. The Labute approximate surface area is 129 Å². The van der Waals surface area contributed by atoms with Crippen molar-refractivity contribution in [3.8, 4) is 5.75 Å². The van der Waals surface area contributed by atoms with Crippen LogP contribution in [0.2, 0.25) is 0 Å². The average Bonchev–Trinajstić information content (AvgIpc) is 2.52. The molecule has 114 valence electrons. The minimum Gasteiger partial charge on any atom is -0.507 e. The lowest BCUT2D eigenvalue weighted by Gasteiger charge is -2.09. The Bertz CT molecular complexity index is 624. The molecule has 0 aliphatic rings. The van der Waals surface area contributed by atoms with Crippen LogP contribution < -0.4 is 10.6 Å². The maximum atomic E-state index is 12.0. The number of amides is 2. The van der Waals surface area contributed by atoms with E-state index in [9.17, 15) is 14.7 Å². The van der Waals surface area contributed by atoms with E-state index in [1.807, 2.05) is 25.1 Å². The van der Waals surface area contributed by atoms with Crippen molar-refractivity contribution in [2.45, 2.75) is 6.92 Å². The van der Waals surface area contributed by atoms with Gasteiger partial charge in [0.05, 0.1) is 5.56 Å². The van der Waals surface area contributed by atoms with Crippen LogP contribution >= 0.6 is 0 Å². The lowest BCUT2D eigenvalue weighted by molar-refractivity contribution is 0.0925. The van der Waals surface area contributed by atoms with Crippen molar-refractivity contribution in [3.63, 3.8) is 0 Å². The number of nitrogens with one attached hydrogen (secondary N) is 2. The van der Waals surface area contributed by atoms with Gasteiger partial charge in [-0.25, -0.2) is 0 Å². The zero-order chi connectivity index (χ0) is 15.9. The smallest absolute Gasteiger partial charge is 0.255 e. The number of para-hydroxylation sites is 1. The van der Waals surface area contributed by atoms with Gasteiger partial charge in [-0.3, -0.25) is 9.59 Å². The van der Waals surface area contributed by atoms with Crippen LogP contribution in [-0.2, 0) is 0 Å². The van der Waals surface area contributed by atoms with Crippen molar-refractivity contribution in [1.29, 1.82) is 0 Å². The van der Waals surface area contributed by atoms with E-state index in [0.717, 1.165) is 5.56 Å². The number of hydrogen-bond donors (Lipinski definition) is 3. The second-order valence-electron chi connectivity index (χ2n) is 4.84. The van der Waals surface area contributed by atoms with E-state index in [2.05, 4.69) is 10.6 Å². The van der Waals surface area contributed by atoms with Crippen molar-refractivity contribution < 1.29 is 14.7 Å². The van der Waals surface area contributed by atoms with Gasteiger partial charge in [-0.15, -0.1) is 0 Å². The van der Waals surface area contributed by atoms with Gasteiger partial charge in [0.2, 0.25) is 0 Å². The SMILES string of the molecule is Cc1ccccc1C(=O)NCCNC(=O)c1ccccc1O. The van der Waals surface area contributed by atoms with Crippen LogP contribution in [0.15, 0.2) is 48.5 Å². The quantitative estimate of drug-likeness (QED) is 0.737. The molecule has 0 unspecified atom stereocenters. The Morgan fingerprint density at radius 3 is 1.95 bits per heavy atom. The molecule has 2 aromatic rings. The second kappa shape index (κ2) is 7.26. The van der Waals surface area contributed by atoms with E-state index >= 15 is 0 Å². The molecule has 0 aromatic heterocycles. The molecule has 0 atom stereocenters. The molecule has 5 heteroatoms. The molecule has 5 nitrogen and oxygen atoms in total. The highest BCUT2D eigenvalue weighted by molar-refractivity contribution is 5.97. The van der Waals surface area contributed by atoms with Gasteiger partial charge in [0.15, 0.2) is 0 Å². The number of carbonyl (C=O) groups is 2. The third kappa shape index (κ3) is 3.85. The lowest BCUT2D eigenvalue weighted by Crippen LogP contribution is -2.34. The van der Waals surface area contributed by atoms with Crippen LogP contribution in [0.5, 0.6) is 5.75 Å². The van der Waals surface area contributed by atoms with Gasteiger partial charge < -0.3 is 15.7 Å². The Kier molecular flexibility index (Phi) is 5.14. The summed E-state index contributed by atoms with van der Waals surface area (Å²) in [7, 11) is 0. The van der Waals surface area contributed by atoms with Crippen LogP contribution in [0.25, 0.3) is 0 Å². The molecule has 2 amide bonds. The minimum atomic E-state index is -0.372. The van der Waals surface area contributed by atoms with E-state index in [0.29, 0.717) is 12.1 Å². The predicted molar refractivity (Wildman–Crippen MR) is 84.0 cm³/mol. The topological polar surface area (TPSA) is 78.4 Å². The predicted octanol–water partition coefficient (Wildman–Crippen LogP) is 1.86. The largest absolute Gasteiger partial charge is 0.507 e. The van der Waals surface area contributed by atoms with Crippen LogP contribution in [0.3, 0.4) is 0 Å². The van der Waals surface area contributed by atoms with Gasteiger partial charge in [0.25, 0.3) is 11.8 Å². The first-order valence-corrected chi connectivity index (χ1v) is 6.99. The summed E-state index contributed by atoms with van der Waals surface area (Å²) >= 11 is 0. The molecular formula is C17H18N2O3. The van der Waals surface area contributed by atoms with Crippen molar-refractivity contribution in [2.24, 2.45) is 0 Å². The van der Waals surface area contributed by atoms with Gasteiger partial charge >= 0.3 is 0 Å². The highest BCUT2D eigenvalue weighted by Gasteiger charge is 2.10. The second-order valence-corrected chi connectivity index (χ2v) is 4.84. The van der Waals surface area contributed by atoms with Gasteiger partial charge in [0.1, 0.15) is 5.75 Å². The van der Waals surface area contributed by atoms with Crippen LogP contribution in [0.1, 0.15) is 26.3 Å². The summed E-state index contributed by atoms with van der Waals surface area (Å²) in [5, 5.41) is 15.0. The Hall–Kier alpha value is -2.82. The Balaban J connectivity index is 1.80. The van der Waals surface area contributed by atoms with Gasteiger partial charge in [0, 0.05) is 18.7 Å². The van der Waals surface area contributed by atoms with Crippen LogP contribution in [0.4, 0.5) is 0 Å². The fourth-order valence-electron chi connectivity index (χ4n) is 2.04. The molecule has 0 saturated carbocycles. The molecule has 0 radical (unpaired) electrons. The number of rotatable bonds is 5. The first kappa shape index (κ1) is 15.6. The number of aromatic hydroxyl groups is 1. The fraction of sp³-hybridized carbons (Fsp3) is 0.176. The van der Waals surface area contributed by atoms with E-state index in [1.54, 1.807) is 18.2 Å². The number of benzene rings is 2. The number of aryl methyl sites for hydroxylation is 1. The molecule has 0 aliphatic heterocycles. The normalized spacial score (nSPS) is 10.0. The summed E-state index contributed by atoms with van der Waals surface area (Å²) in [6.07, 6.45) is 0. The molecule has 3 N–H and O–H groups in total. The molecule has 22 heavy (non-hydrogen) atoms. The summed E-state index contributed by atoms with van der Waals surface area (Å²) in [5.41, 5.74) is 1.74. The summed E-state index contributed by atoms with van der Waals surface area (Å²) in [5.74, 6) is -0.609. The summed E-state index contributed by atoms with van der Waals surface area (Å²) in [4.78, 5) is 23.8. The minimum absolute atomic E-state index is 0.0658. The van der Waals surface area contributed by atoms with Crippen molar-refractivity contribution in [3.05, 3.63) is 65.2 Å². The number of phenolic OH excluding ortho intramolecular Hbond substituents is 1. The number of carbonyl (C=O) groups excluding carboxylic acids is 2. The average molecular weight is 298 g/mol. The maximum Gasteiger partial charge on any atom is 0.255 e. The van der Waals surface area contributed by atoms with E-state index in [4.69, 9.17) is 0 Å². The fourth-order valence-corrected chi connectivity index (χ4v) is 2.04.